The van der Waals surface area contributed by atoms with Gasteiger partial charge in [-0.25, -0.2) is 9.59 Å². The fraction of sp³-hybridized carbons (Fsp3) is 0.800. The molecule has 1 aliphatic rings. The van der Waals surface area contributed by atoms with Crippen LogP contribution in [0.25, 0.3) is 0 Å². The Morgan fingerprint density at radius 2 is 2.00 bits per heavy atom. The van der Waals surface area contributed by atoms with Crippen molar-refractivity contribution in [1.29, 1.82) is 0 Å². The minimum Gasteiger partial charge on any atom is -0.480 e. The molecule has 0 spiro atoms. The number of nitrogens with zero attached hydrogens (tertiary/aromatic N) is 1. The molecule has 1 heterocycles. The smallest absolute Gasteiger partial charge is 0.326 e. The van der Waals surface area contributed by atoms with Crippen molar-refractivity contribution in [3.05, 3.63) is 0 Å². The highest BCUT2D eigenvalue weighted by Gasteiger charge is 2.34. The van der Waals surface area contributed by atoms with Crippen LogP contribution in [0.1, 0.15) is 33.6 Å². The van der Waals surface area contributed by atoms with Crippen LogP contribution >= 0.6 is 0 Å². The normalized spacial score (nSPS) is 21.5. The van der Waals surface area contributed by atoms with Crippen molar-refractivity contribution in [2.24, 2.45) is 0 Å². The molecule has 1 saturated heterocycles. The average molecular weight is 214 g/mol. The zero-order valence-electron chi connectivity index (χ0n) is 9.41. The molecule has 0 aromatic carbocycles. The lowest BCUT2D eigenvalue weighted by molar-refractivity contribution is -0.141. The largest absolute Gasteiger partial charge is 0.480 e. The van der Waals surface area contributed by atoms with E-state index in [2.05, 4.69) is 5.32 Å². The molecular weight excluding hydrogens is 196 g/mol. The summed E-state index contributed by atoms with van der Waals surface area (Å²) in [6.07, 6.45) is 1.31. The molecule has 0 aromatic rings. The number of hydrogen-bond acceptors (Lipinski definition) is 2. The Labute approximate surface area is 89.4 Å². The Bertz CT molecular complexity index is 270. The van der Waals surface area contributed by atoms with Crippen molar-refractivity contribution >= 4 is 12.0 Å². The van der Waals surface area contributed by atoms with E-state index in [-0.39, 0.29) is 11.6 Å². The predicted molar refractivity (Wildman–Crippen MR) is 55.6 cm³/mol. The quantitative estimate of drug-likeness (QED) is 0.685. The van der Waals surface area contributed by atoms with Crippen molar-refractivity contribution in [3.8, 4) is 0 Å². The van der Waals surface area contributed by atoms with Gasteiger partial charge in [-0.1, -0.05) is 0 Å². The molecule has 5 nitrogen and oxygen atoms in total. The number of urea groups is 1. The van der Waals surface area contributed by atoms with Crippen LogP contribution in [0.2, 0.25) is 0 Å². The second-order valence-corrected chi connectivity index (χ2v) is 4.87. The van der Waals surface area contributed by atoms with Crippen molar-refractivity contribution < 1.29 is 14.7 Å². The fourth-order valence-corrected chi connectivity index (χ4v) is 1.66. The maximum atomic E-state index is 11.7. The van der Waals surface area contributed by atoms with Gasteiger partial charge in [-0.15, -0.1) is 0 Å². The van der Waals surface area contributed by atoms with Gasteiger partial charge in [-0.3, -0.25) is 0 Å². The third-order valence-electron chi connectivity index (χ3n) is 2.28. The second kappa shape index (κ2) is 4.08. The SMILES string of the molecule is CC(C)(C)NC(=O)N1CCC[C@H]1C(=O)O. The number of nitrogens with one attached hydrogen (secondary N) is 1. The molecule has 0 unspecified atom stereocenters. The summed E-state index contributed by atoms with van der Waals surface area (Å²) in [6, 6.07) is -0.945. The highest BCUT2D eigenvalue weighted by Crippen LogP contribution is 2.18. The summed E-state index contributed by atoms with van der Waals surface area (Å²) < 4.78 is 0. The highest BCUT2D eigenvalue weighted by molar-refractivity contribution is 5.83. The number of amides is 2. The van der Waals surface area contributed by atoms with Crippen LogP contribution in [0, 0.1) is 0 Å². The Morgan fingerprint density at radius 3 is 2.47 bits per heavy atom. The summed E-state index contributed by atoms with van der Waals surface area (Å²) >= 11 is 0. The number of carbonyl (C=O) groups excluding carboxylic acids is 1. The van der Waals surface area contributed by atoms with E-state index in [1.807, 2.05) is 20.8 Å². The molecule has 1 fully saturated rings. The first-order valence-electron chi connectivity index (χ1n) is 5.13. The first-order valence-corrected chi connectivity index (χ1v) is 5.13. The maximum Gasteiger partial charge on any atom is 0.326 e. The van der Waals surface area contributed by atoms with Crippen LogP contribution in [0.3, 0.4) is 0 Å². The second-order valence-electron chi connectivity index (χ2n) is 4.87. The van der Waals surface area contributed by atoms with Gasteiger partial charge in [0.2, 0.25) is 0 Å². The van der Waals surface area contributed by atoms with Crippen molar-refractivity contribution in [2.45, 2.75) is 45.2 Å². The van der Waals surface area contributed by atoms with Gasteiger partial charge in [0, 0.05) is 12.1 Å². The topological polar surface area (TPSA) is 69.6 Å². The zero-order valence-corrected chi connectivity index (χ0v) is 9.41. The summed E-state index contributed by atoms with van der Waals surface area (Å²) in [6.45, 7) is 6.14. The van der Waals surface area contributed by atoms with Crippen LogP contribution in [0.5, 0.6) is 0 Å². The number of carbonyl (C=O) groups is 2. The van der Waals surface area contributed by atoms with Crippen molar-refractivity contribution in [2.75, 3.05) is 6.54 Å². The summed E-state index contributed by atoms with van der Waals surface area (Å²) in [4.78, 5) is 24.0. The molecule has 86 valence electrons. The fourth-order valence-electron chi connectivity index (χ4n) is 1.66. The number of hydrogen-bond donors (Lipinski definition) is 2. The van der Waals surface area contributed by atoms with E-state index < -0.39 is 12.0 Å². The monoisotopic (exact) mass is 214 g/mol. The standard InChI is InChI=1S/C10H18N2O3/c1-10(2,3)11-9(15)12-6-4-5-7(12)8(13)14/h7H,4-6H2,1-3H3,(H,11,15)(H,13,14)/t7-/m0/s1. The highest BCUT2D eigenvalue weighted by atomic mass is 16.4. The van der Waals surface area contributed by atoms with Crippen molar-refractivity contribution in [1.82, 2.24) is 10.2 Å². The van der Waals surface area contributed by atoms with Crippen molar-refractivity contribution in [3.63, 3.8) is 0 Å². The average Bonchev–Trinajstić information content (AvgIpc) is 2.47. The Hall–Kier alpha value is -1.26. The first kappa shape index (κ1) is 11.8. The van der Waals surface area contributed by atoms with Gasteiger partial charge in [0.1, 0.15) is 6.04 Å². The molecule has 1 rings (SSSR count). The third-order valence-corrected chi connectivity index (χ3v) is 2.28. The molecule has 5 heteroatoms. The van der Waals surface area contributed by atoms with Gasteiger partial charge in [-0.2, -0.15) is 0 Å². The number of rotatable bonds is 1. The maximum absolute atomic E-state index is 11.7. The number of carboxylic acids is 1. The van der Waals surface area contributed by atoms with Gasteiger partial charge in [0.15, 0.2) is 0 Å². The van der Waals surface area contributed by atoms with E-state index in [1.54, 1.807) is 0 Å². The third kappa shape index (κ3) is 3.11. The molecule has 0 bridgehead atoms. The van der Waals surface area contributed by atoms with E-state index in [1.165, 1.54) is 4.90 Å². The molecule has 2 amide bonds. The lowest BCUT2D eigenvalue weighted by Gasteiger charge is -2.27. The minimum atomic E-state index is -0.920. The molecule has 0 aromatic heterocycles. The van der Waals surface area contributed by atoms with Crippen LogP contribution in [0.4, 0.5) is 4.79 Å². The number of likely N-dealkylation sites (tertiary alicyclic amines) is 1. The van der Waals surface area contributed by atoms with E-state index in [9.17, 15) is 9.59 Å². The summed E-state index contributed by atoms with van der Waals surface area (Å²) in [5.41, 5.74) is -0.331. The van der Waals surface area contributed by atoms with E-state index in [4.69, 9.17) is 5.11 Å². The van der Waals surface area contributed by atoms with E-state index >= 15 is 0 Å². The molecule has 0 aliphatic carbocycles. The van der Waals surface area contributed by atoms with Gasteiger partial charge in [-0.05, 0) is 33.6 Å². The van der Waals surface area contributed by atoms with E-state index in [0.717, 1.165) is 6.42 Å². The van der Waals surface area contributed by atoms with Gasteiger partial charge in [0.05, 0.1) is 0 Å². The molecule has 0 saturated carbocycles. The number of aliphatic carboxylic acids is 1. The molecule has 1 aliphatic heterocycles. The zero-order chi connectivity index (χ0) is 11.6. The van der Waals surface area contributed by atoms with Crippen LogP contribution in [-0.4, -0.2) is 40.1 Å². The summed E-state index contributed by atoms with van der Waals surface area (Å²) in [5.74, 6) is -0.920. The van der Waals surface area contributed by atoms with Crippen LogP contribution in [0.15, 0.2) is 0 Å². The Kier molecular flexibility index (Phi) is 3.21. The molecule has 0 radical (unpaired) electrons. The van der Waals surface area contributed by atoms with E-state index in [0.29, 0.717) is 13.0 Å². The molecular formula is C10H18N2O3. The van der Waals surface area contributed by atoms with Gasteiger partial charge < -0.3 is 15.3 Å². The number of carboxylic acid groups (broad SMARTS) is 1. The minimum absolute atomic E-state index is 0.285. The lowest BCUT2D eigenvalue weighted by Crippen LogP contribution is -2.51. The Balaban J connectivity index is 2.63. The first-order chi connectivity index (χ1) is 6.81. The summed E-state index contributed by atoms with van der Waals surface area (Å²) in [7, 11) is 0. The van der Waals surface area contributed by atoms with Gasteiger partial charge in [0.25, 0.3) is 0 Å². The predicted octanol–water partition coefficient (Wildman–Crippen LogP) is 1.04. The van der Waals surface area contributed by atoms with Crippen LogP contribution in [-0.2, 0) is 4.79 Å². The summed E-state index contributed by atoms with van der Waals surface area (Å²) in [5, 5.41) is 11.7. The Morgan fingerprint density at radius 1 is 1.40 bits per heavy atom. The van der Waals surface area contributed by atoms with Crippen LogP contribution < -0.4 is 5.32 Å². The van der Waals surface area contributed by atoms with Gasteiger partial charge >= 0.3 is 12.0 Å². The molecule has 15 heavy (non-hydrogen) atoms. The molecule has 2 N–H and O–H groups in total. The lowest BCUT2D eigenvalue weighted by atomic mass is 10.1. The molecule has 1 atom stereocenters.